The molecule has 0 spiro atoms. The molecule has 1 aromatic rings. The zero-order chi connectivity index (χ0) is 14.5. The summed E-state index contributed by atoms with van der Waals surface area (Å²) in [4.78, 5) is 13.9. The molecule has 5 heteroatoms. The van der Waals surface area contributed by atoms with Crippen LogP contribution in [0.2, 0.25) is 0 Å². The van der Waals surface area contributed by atoms with Gasteiger partial charge < -0.3 is 15.4 Å². The molecule has 0 aliphatic carbocycles. The van der Waals surface area contributed by atoms with E-state index in [9.17, 15) is 9.18 Å². The standard InChI is InChI=1S/C15H21FN2O2/c1-11-10-12(17)6-8-18(11)15(19)7-9-20-14-5-3-2-4-13(14)16/h2-5,11-12H,6-10,17H2,1H3/t11-,12-/m0/s1. The van der Waals surface area contributed by atoms with Crippen LogP contribution in [0.1, 0.15) is 26.2 Å². The van der Waals surface area contributed by atoms with Crippen molar-refractivity contribution in [2.24, 2.45) is 5.73 Å². The van der Waals surface area contributed by atoms with E-state index in [1.54, 1.807) is 18.2 Å². The minimum atomic E-state index is -0.405. The first kappa shape index (κ1) is 14.8. The lowest BCUT2D eigenvalue weighted by atomic mass is 9.99. The number of halogens is 1. The zero-order valence-electron chi connectivity index (χ0n) is 11.7. The lowest BCUT2D eigenvalue weighted by molar-refractivity contribution is -0.135. The molecule has 2 N–H and O–H groups in total. The van der Waals surface area contributed by atoms with E-state index in [-0.39, 0.29) is 36.8 Å². The van der Waals surface area contributed by atoms with Crippen molar-refractivity contribution in [3.8, 4) is 5.75 Å². The number of nitrogens with two attached hydrogens (primary N) is 1. The average molecular weight is 280 g/mol. The van der Waals surface area contributed by atoms with Crippen LogP contribution in [0.15, 0.2) is 24.3 Å². The maximum absolute atomic E-state index is 13.3. The third-order valence-corrected chi connectivity index (χ3v) is 3.65. The predicted molar refractivity (Wildman–Crippen MR) is 74.9 cm³/mol. The summed E-state index contributed by atoms with van der Waals surface area (Å²) in [5.74, 6) is -0.174. The maximum Gasteiger partial charge on any atom is 0.226 e. The van der Waals surface area contributed by atoms with Gasteiger partial charge in [0.2, 0.25) is 5.91 Å². The van der Waals surface area contributed by atoms with Crippen molar-refractivity contribution in [2.75, 3.05) is 13.2 Å². The van der Waals surface area contributed by atoms with Crippen LogP contribution in [0.5, 0.6) is 5.75 Å². The summed E-state index contributed by atoms with van der Waals surface area (Å²) in [6, 6.07) is 6.55. The highest BCUT2D eigenvalue weighted by molar-refractivity contribution is 5.76. The van der Waals surface area contributed by atoms with E-state index >= 15 is 0 Å². The molecule has 1 aliphatic heterocycles. The summed E-state index contributed by atoms with van der Waals surface area (Å²) in [6.45, 7) is 2.89. The summed E-state index contributed by atoms with van der Waals surface area (Å²) < 4.78 is 18.6. The van der Waals surface area contributed by atoms with Gasteiger partial charge in [-0.15, -0.1) is 0 Å². The molecule has 4 nitrogen and oxygen atoms in total. The molecule has 0 bridgehead atoms. The first-order valence-electron chi connectivity index (χ1n) is 7.00. The molecule has 0 unspecified atom stereocenters. The number of carbonyl (C=O) groups excluding carboxylic acids is 1. The topological polar surface area (TPSA) is 55.6 Å². The van der Waals surface area contributed by atoms with Gasteiger partial charge in [-0.25, -0.2) is 4.39 Å². The Kier molecular flexibility index (Phi) is 4.95. The molecule has 2 atom stereocenters. The van der Waals surface area contributed by atoms with Gasteiger partial charge in [0.1, 0.15) is 0 Å². The Morgan fingerprint density at radius 1 is 1.50 bits per heavy atom. The first-order valence-corrected chi connectivity index (χ1v) is 7.00. The second-order valence-corrected chi connectivity index (χ2v) is 5.25. The maximum atomic E-state index is 13.3. The van der Waals surface area contributed by atoms with Gasteiger partial charge in [-0.1, -0.05) is 12.1 Å². The largest absolute Gasteiger partial charge is 0.490 e. The predicted octanol–water partition coefficient (Wildman–Crippen LogP) is 1.93. The fourth-order valence-corrected chi connectivity index (χ4v) is 2.53. The molecule has 0 aromatic heterocycles. The molecule has 2 rings (SSSR count). The Morgan fingerprint density at radius 3 is 2.95 bits per heavy atom. The number of amides is 1. The van der Waals surface area contributed by atoms with Crippen molar-refractivity contribution in [3.05, 3.63) is 30.1 Å². The molecule has 0 radical (unpaired) electrons. The van der Waals surface area contributed by atoms with E-state index < -0.39 is 5.82 Å². The zero-order valence-corrected chi connectivity index (χ0v) is 11.7. The second kappa shape index (κ2) is 6.70. The van der Waals surface area contributed by atoms with Gasteiger partial charge in [-0.05, 0) is 31.9 Å². The van der Waals surface area contributed by atoms with Crippen molar-refractivity contribution < 1.29 is 13.9 Å². The van der Waals surface area contributed by atoms with Crippen molar-refractivity contribution in [1.82, 2.24) is 4.90 Å². The van der Waals surface area contributed by atoms with Gasteiger partial charge >= 0.3 is 0 Å². The van der Waals surface area contributed by atoms with Crippen LogP contribution in [-0.2, 0) is 4.79 Å². The van der Waals surface area contributed by atoms with Crippen LogP contribution in [0.25, 0.3) is 0 Å². The lowest BCUT2D eigenvalue weighted by Gasteiger charge is -2.36. The monoisotopic (exact) mass is 280 g/mol. The lowest BCUT2D eigenvalue weighted by Crippen LogP contribution is -2.48. The second-order valence-electron chi connectivity index (χ2n) is 5.25. The van der Waals surface area contributed by atoms with Crippen LogP contribution < -0.4 is 10.5 Å². The third kappa shape index (κ3) is 3.70. The van der Waals surface area contributed by atoms with Gasteiger partial charge in [0.15, 0.2) is 11.6 Å². The van der Waals surface area contributed by atoms with Gasteiger partial charge in [0.25, 0.3) is 0 Å². The van der Waals surface area contributed by atoms with E-state index in [1.165, 1.54) is 6.07 Å². The van der Waals surface area contributed by atoms with Gasteiger partial charge in [0, 0.05) is 18.6 Å². The molecule has 1 fully saturated rings. The molecule has 1 aromatic carbocycles. The Hall–Kier alpha value is -1.62. The molecule has 1 saturated heterocycles. The Morgan fingerprint density at radius 2 is 2.25 bits per heavy atom. The number of rotatable bonds is 4. The number of carbonyl (C=O) groups is 1. The molecule has 0 saturated carbocycles. The number of piperidine rings is 1. The van der Waals surface area contributed by atoms with Crippen LogP contribution in [0.3, 0.4) is 0 Å². The molecule has 20 heavy (non-hydrogen) atoms. The minimum absolute atomic E-state index is 0.0424. The first-order chi connectivity index (χ1) is 9.58. The van der Waals surface area contributed by atoms with E-state index in [0.29, 0.717) is 6.54 Å². The van der Waals surface area contributed by atoms with E-state index in [0.717, 1.165) is 12.8 Å². The molecule has 1 amide bonds. The van der Waals surface area contributed by atoms with Crippen LogP contribution in [-0.4, -0.2) is 36.0 Å². The highest BCUT2D eigenvalue weighted by atomic mass is 19.1. The highest BCUT2D eigenvalue weighted by Crippen LogP contribution is 2.18. The minimum Gasteiger partial charge on any atom is -0.490 e. The summed E-state index contributed by atoms with van der Waals surface area (Å²) in [5.41, 5.74) is 5.88. The summed E-state index contributed by atoms with van der Waals surface area (Å²) >= 11 is 0. The summed E-state index contributed by atoms with van der Waals surface area (Å²) in [5, 5.41) is 0. The quantitative estimate of drug-likeness (QED) is 0.917. The van der Waals surface area contributed by atoms with Gasteiger partial charge in [-0.3, -0.25) is 4.79 Å². The number of nitrogens with zero attached hydrogens (tertiary/aromatic N) is 1. The highest BCUT2D eigenvalue weighted by Gasteiger charge is 2.26. The molecule has 110 valence electrons. The van der Waals surface area contributed by atoms with Crippen molar-refractivity contribution >= 4 is 5.91 Å². The number of benzene rings is 1. The molecular formula is C15H21FN2O2. The number of para-hydroxylation sites is 1. The number of ether oxygens (including phenoxy) is 1. The van der Waals surface area contributed by atoms with E-state index in [1.807, 2.05) is 11.8 Å². The SMILES string of the molecule is C[C@H]1C[C@@H](N)CCN1C(=O)CCOc1ccccc1F. The normalized spacial score (nSPS) is 22.6. The summed E-state index contributed by atoms with van der Waals surface area (Å²) in [7, 11) is 0. The average Bonchev–Trinajstić information content (AvgIpc) is 2.40. The van der Waals surface area contributed by atoms with Crippen molar-refractivity contribution in [3.63, 3.8) is 0 Å². The van der Waals surface area contributed by atoms with Crippen molar-refractivity contribution in [2.45, 2.75) is 38.3 Å². The molecular weight excluding hydrogens is 259 g/mol. The smallest absolute Gasteiger partial charge is 0.226 e. The fraction of sp³-hybridized carbons (Fsp3) is 0.533. The fourth-order valence-electron chi connectivity index (χ4n) is 2.53. The van der Waals surface area contributed by atoms with E-state index in [4.69, 9.17) is 10.5 Å². The van der Waals surface area contributed by atoms with Crippen molar-refractivity contribution in [1.29, 1.82) is 0 Å². The van der Waals surface area contributed by atoms with Crippen LogP contribution >= 0.6 is 0 Å². The van der Waals surface area contributed by atoms with Gasteiger partial charge in [0.05, 0.1) is 13.0 Å². The number of hydrogen-bond acceptors (Lipinski definition) is 3. The van der Waals surface area contributed by atoms with Gasteiger partial charge in [-0.2, -0.15) is 0 Å². The Balaban J connectivity index is 1.79. The molecule has 1 aliphatic rings. The van der Waals surface area contributed by atoms with Crippen LogP contribution in [0, 0.1) is 5.82 Å². The third-order valence-electron chi connectivity index (χ3n) is 3.65. The summed E-state index contributed by atoms with van der Waals surface area (Å²) in [6.07, 6.45) is 1.93. The number of likely N-dealkylation sites (tertiary alicyclic amines) is 1. The van der Waals surface area contributed by atoms with Crippen LogP contribution in [0.4, 0.5) is 4.39 Å². The molecule has 1 heterocycles. The Bertz CT molecular complexity index is 467. The van der Waals surface area contributed by atoms with E-state index in [2.05, 4.69) is 0 Å². The number of hydrogen-bond donors (Lipinski definition) is 1. The Labute approximate surface area is 118 Å².